The van der Waals surface area contributed by atoms with Gasteiger partial charge in [-0.3, -0.25) is 14.4 Å². The molecule has 2 amide bonds. The van der Waals surface area contributed by atoms with Crippen LogP contribution in [0.4, 0.5) is 0 Å². The number of likely N-dealkylation sites (tertiary alicyclic amines) is 1. The first-order chi connectivity index (χ1) is 10.4. The van der Waals surface area contributed by atoms with Gasteiger partial charge in [0, 0.05) is 26.1 Å². The molecular formula is C16H24N2O4. The van der Waals surface area contributed by atoms with Crippen molar-refractivity contribution in [3.05, 3.63) is 0 Å². The molecule has 0 radical (unpaired) electrons. The van der Waals surface area contributed by atoms with Gasteiger partial charge in [0.05, 0.1) is 18.4 Å². The van der Waals surface area contributed by atoms with E-state index >= 15 is 0 Å². The third-order valence-electron chi connectivity index (χ3n) is 5.82. The van der Waals surface area contributed by atoms with E-state index in [2.05, 4.69) is 5.32 Å². The molecule has 6 nitrogen and oxygen atoms in total. The summed E-state index contributed by atoms with van der Waals surface area (Å²) >= 11 is 0. The molecule has 3 fully saturated rings. The maximum Gasteiger partial charge on any atom is 0.309 e. The minimum Gasteiger partial charge on any atom is -0.469 e. The summed E-state index contributed by atoms with van der Waals surface area (Å²) in [6.07, 6.45) is 3.69. The van der Waals surface area contributed by atoms with E-state index in [0.717, 1.165) is 19.3 Å². The number of nitrogens with zero attached hydrogens (tertiary/aromatic N) is 1. The Bertz CT molecular complexity index is 498. The topological polar surface area (TPSA) is 75.7 Å². The van der Waals surface area contributed by atoms with Crippen LogP contribution in [0.5, 0.6) is 0 Å². The quantitative estimate of drug-likeness (QED) is 0.762. The lowest BCUT2D eigenvalue weighted by atomic mass is 9.80. The van der Waals surface area contributed by atoms with Crippen molar-refractivity contribution in [1.29, 1.82) is 0 Å². The number of rotatable bonds is 2. The summed E-state index contributed by atoms with van der Waals surface area (Å²) in [5.41, 5.74) is -0.407. The molecule has 122 valence electrons. The van der Waals surface area contributed by atoms with Crippen molar-refractivity contribution in [3.63, 3.8) is 0 Å². The van der Waals surface area contributed by atoms with Crippen molar-refractivity contribution < 1.29 is 19.1 Å². The average Bonchev–Trinajstić information content (AvgIpc) is 3.23. The van der Waals surface area contributed by atoms with Gasteiger partial charge in [0.2, 0.25) is 11.8 Å². The number of hydrogen-bond acceptors (Lipinski definition) is 4. The third kappa shape index (κ3) is 2.48. The van der Waals surface area contributed by atoms with Crippen molar-refractivity contribution in [2.45, 2.75) is 39.0 Å². The van der Waals surface area contributed by atoms with Crippen molar-refractivity contribution >= 4 is 17.8 Å². The van der Waals surface area contributed by atoms with Gasteiger partial charge in [0.25, 0.3) is 0 Å². The Morgan fingerprint density at radius 2 is 1.95 bits per heavy atom. The molecular weight excluding hydrogens is 284 g/mol. The number of carbonyl (C=O) groups excluding carboxylic acids is 3. The number of esters is 1. The van der Waals surface area contributed by atoms with E-state index < -0.39 is 5.41 Å². The highest BCUT2D eigenvalue weighted by molar-refractivity contribution is 5.86. The fourth-order valence-corrected chi connectivity index (χ4v) is 3.96. The monoisotopic (exact) mass is 308 g/mol. The number of piperidine rings is 2. The molecule has 0 aromatic rings. The summed E-state index contributed by atoms with van der Waals surface area (Å²) in [4.78, 5) is 37.6. The predicted molar refractivity (Wildman–Crippen MR) is 78.7 cm³/mol. The van der Waals surface area contributed by atoms with E-state index in [4.69, 9.17) is 4.74 Å². The Kier molecular flexibility index (Phi) is 3.65. The average molecular weight is 308 g/mol. The highest BCUT2D eigenvalue weighted by Crippen LogP contribution is 2.59. The van der Waals surface area contributed by atoms with Gasteiger partial charge in [-0.05, 0) is 38.0 Å². The molecule has 2 aliphatic heterocycles. The summed E-state index contributed by atoms with van der Waals surface area (Å²) in [5.74, 6) is 0.0837. The van der Waals surface area contributed by atoms with E-state index in [9.17, 15) is 14.4 Å². The van der Waals surface area contributed by atoms with E-state index in [1.165, 1.54) is 7.11 Å². The van der Waals surface area contributed by atoms with Crippen LogP contribution in [-0.2, 0) is 19.1 Å². The molecule has 0 aromatic heterocycles. The van der Waals surface area contributed by atoms with Gasteiger partial charge >= 0.3 is 5.97 Å². The molecule has 2 heterocycles. The van der Waals surface area contributed by atoms with Crippen LogP contribution in [0.2, 0.25) is 0 Å². The summed E-state index contributed by atoms with van der Waals surface area (Å²) in [6.45, 7) is 3.77. The van der Waals surface area contributed by atoms with E-state index in [1.54, 1.807) is 0 Å². The molecule has 2 saturated heterocycles. The fraction of sp³-hybridized carbons (Fsp3) is 0.812. The summed E-state index contributed by atoms with van der Waals surface area (Å²) in [6, 6.07) is 0. The number of nitrogens with one attached hydrogen (secondary N) is 1. The maximum atomic E-state index is 12.8. The van der Waals surface area contributed by atoms with Crippen molar-refractivity contribution in [2.75, 3.05) is 26.7 Å². The highest BCUT2D eigenvalue weighted by atomic mass is 16.5. The first kappa shape index (κ1) is 15.3. The molecule has 3 rings (SSSR count). The van der Waals surface area contributed by atoms with E-state index in [0.29, 0.717) is 32.5 Å². The second kappa shape index (κ2) is 5.25. The zero-order chi connectivity index (χ0) is 16.0. The largest absolute Gasteiger partial charge is 0.469 e. The van der Waals surface area contributed by atoms with Crippen LogP contribution in [-0.4, -0.2) is 49.4 Å². The molecule has 3 aliphatic rings. The standard InChI is InChI=1S/C16H24N2O4/c1-15(4-3-12(19)17-10-15)14(21)18-7-5-16(6-8-18)9-11(16)13(20)22-2/h11H,3-10H2,1-2H3,(H,17,19)/t11-,15-/m1/s1. The van der Waals surface area contributed by atoms with Crippen LogP contribution in [0.1, 0.15) is 39.0 Å². The molecule has 0 bridgehead atoms. The van der Waals surface area contributed by atoms with E-state index in [-0.39, 0.29) is 29.1 Å². The Labute approximate surface area is 130 Å². The molecule has 0 unspecified atom stereocenters. The second-order valence-electron chi connectivity index (χ2n) is 7.27. The van der Waals surface area contributed by atoms with Gasteiger partial charge in [-0.1, -0.05) is 0 Å². The maximum absolute atomic E-state index is 12.8. The van der Waals surface area contributed by atoms with Gasteiger partial charge in [0.15, 0.2) is 0 Å². The van der Waals surface area contributed by atoms with Gasteiger partial charge in [-0.2, -0.15) is 0 Å². The Hall–Kier alpha value is -1.59. The Morgan fingerprint density at radius 3 is 2.50 bits per heavy atom. The van der Waals surface area contributed by atoms with Gasteiger partial charge in [-0.25, -0.2) is 0 Å². The minimum absolute atomic E-state index is 0.0271. The Morgan fingerprint density at radius 1 is 1.27 bits per heavy atom. The molecule has 2 atom stereocenters. The summed E-state index contributed by atoms with van der Waals surface area (Å²) < 4.78 is 4.84. The zero-order valence-electron chi connectivity index (χ0n) is 13.3. The highest BCUT2D eigenvalue weighted by Gasteiger charge is 2.59. The summed E-state index contributed by atoms with van der Waals surface area (Å²) in [5, 5.41) is 2.80. The zero-order valence-corrected chi connectivity index (χ0v) is 13.3. The predicted octanol–water partition coefficient (Wildman–Crippen LogP) is 0.704. The van der Waals surface area contributed by atoms with Gasteiger partial charge < -0.3 is 15.0 Å². The Balaban J connectivity index is 1.57. The lowest BCUT2D eigenvalue weighted by Gasteiger charge is -2.40. The normalized spacial score (nSPS) is 33.3. The first-order valence-electron chi connectivity index (χ1n) is 8.04. The molecule has 1 N–H and O–H groups in total. The van der Waals surface area contributed by atoms with Crippen LogP contribution >= 0.6 is 0 Å². The van der Waals surface area contributed by atoms with Gasteiger partial charge in [0.1, 0.15) is 0 Å². The number of ether oxygens (including phenoxy) is 1. The number of amides is 2. The van der Waals surface area contributed by atoms with Crippen molar-refractivity contribution in [2.24, 2.45) is 16.7 Å². The molecule has 22 heavy (non-hydrogen) atoms. The molecule has 0 aromatic carbocycles. The van der Waals surface area contributed by atoms with Crippen LogP contribution in [0, 0.1) is 16.7 Å². The van der Waals surface area contributed by atoms with Crippen LogP contribution in [0.25, 0.3) is 0 Å². The molecule has 6 heteroatoms. The molecule has 1 saturated carbocycles. The van der Waals surface area contributed by atoms with E-state index in [1.807, 2.05) is 11.8 Å². The van der Waals surface area contributed by atoms with Crippen LogP contribution in [0.15, 0.2) is 0 Å². The van der Waals surface area contributed by atoms with Crippen molar-refractivity contribution in [1.82, 2.24) is 10.2 Å². The van der Waals surface area contributed by atoms with Crippen LogP contribution in [0.3, 0.4) is 0 Å². The smallest absolute Gasteiger partial charge is 0.309 e. The lowest BCUT2D eigenvalue weighted by molar-refractivity contribution is -0.146. The van der Waals surface area contributed by atoms with Crippen LogP contribution < -0.4 is 5.32 Å². The first-order valence-corrected chi connectivity index (χ1v) is 8.04. The SMILES string of the molecule is COC(=O)[C@H]1CC12CCN(C(=O)[C@]1(C)CCC(=O)NC1)CC2. The summed E-state index contributed by atoms with van der Waals surface area (Å²) in [7, 11) is 1.44. The number of carbonyl (C=O) groups is 3. The van der Waals surface area contributed by atoms with Crippen molar-refractivity contribution in [3.8, 4) is 0 Å². The number of hydrogen-bond donors (Lipinski definition) is 1. The molecule has 1 spiro atoms. The molecule has 1 aliphatic carbocycles. The second-order valence-corrected chi connectivity index (χ2v) is 7.27. The number of methoxy groups -OCH3 is 1. The third-order valence-corrected chi connectivity index (χ3v) is 5.82. The fourth-order valence-electron chi connectivity index (χ4n) is 3.96. The lowest BCUT2D eigenvalue weighted by Crippen LogP contribution is -2.53. The minimum atomic E-state index is -0.482. The van der Waals surface area contributed by atoms with Gasteiger partial charge in [-0.15, -0.1) is 0 Å².